The molecule has 1 aliphatic carbocycles. The van der Waals surface area contributed by atoms with Crippen molar-refractivity contribution in [2.24, 2.45) is 0 Å². The summed E-state index contributed by atoms with van der Waals surface area (Å²) < 4.78 is 5.60. The van der Waals surface area contributed by atoms with E-state index in [0.717, 1.165) is 35.3 Å². The fraction of sp³-hybridized carbons (Fsp3) is 0.500. The number of halogens is 1. The molecule has 18 heavy (non-hydrogen) atoms. The van der Waals surface area contributed by atoms with Crippen LogP contribution >= 0.6 is 11.6 Å². The lowest BCUT2D eigenvalue weighted by atomic mass is 9.87. The number of rotatable bonds is 2. The highest BCUT2D eigenvalue weighted by atomic mass is 35.5. The van der Waals surface area contributed by atoms with Crippen molar-refractivity contribution in [2.45, 2.75) is 38.0 Å². The average molecular weight is 267 g/mol. The zero-order chi connectivity index (χ0) is 12.9. The zero-order valence-electron chi connectivity index (χ0n) is 10.3. The molecule has 1 saturated carbocycles. The van der Waals surface area contributed by atoms with E-state index in [1.165, 1.54) is 0 Å². The van der Waals surface area contributed by atoms with Crippen LogP contribution in [0.4, 0.5) is 0 Å². The SMILES string of the molecule is Cc1c(C2(C(=O)O)CC2)cc(Cl)c2c1CCCO2. The van der Waals surface area contributed by atoms with E-state index >= 15 is 0 Å². The second-order valence-electron chi connectivity index (χ2n) is 5.18. The van der Waals surface area contributed by atoms with Crippen molar-refractivity contribution in [3.05, 3.63) is 27.8 Å². The molecule has 0 radical (unpaired) electrons. The molecule has 3 rings (SSSR count). The van der Waals surface area contributed by atoms with Gasteiger partial charge in [0.25, 0.3) is 0 Å². The molecule has 0 amide bonds. The monoisotopic (exact) mass is 266 g/mol. The van der Waals surface area contributed by atoms with Crippen LogP contribution in [0, 0.1) is 6.92 Å². The van der Waals surface area contributed by atoms with Crippen molar-refractivity contribution in [1.82, 2.24) is 0 Å². The van der Waals surface area contributed by atoms with Gasteiger partial charge in [0.15, 0.2) is 0 Å². The summed E-state index contributed by atoms with van der Waals surface area (Å²) >= 11 is 6.24. The molecule has 1 aromatic carbocycles. The third kappa shape index (κ3) is 1.53. The van der Waals surface area contributed by atoms with Crippen LogP contribution in [0.25, 0.3) is 0 Å². The Hall–Kier alpha value is -1.22. The van der Waals surface area contributed by atoms with Crippen LogP contribution in [0.1, 0.15) is 36.0 Å². The van der Waals surface area contributed by atoms with Crippen molar-refractivity contribution in [2.75, 3.05) is 6.61 Å². The van der Waals surface area contributed by atoms with Crippen molar-refractivity contribution in [1.29, 1.82) is 0 Å². The predicted octanol–water partition coefficient (Wildman–Crippen LogP) is 3.09. The van der Waals surface area contributed by atoms with Gasteiger partial charge < -0.3 is 9.84 Å². The highest BCUT2D eigenvalue weighted by molar-refractivity contribution is 6.32. The van der Waals surface area contributed by atoms with Gasteiger partial charge in [-0.05, 0) is 55.4 Å². The normalized spacial score (nSPS) is 19.9. The van der Waals surface area contributed by atoms with Crippen molar-refractivity contribution in [3.8, 4) is 5.75 Å². The molecule has 1 aliphatic heterocycles. The molecule has 0 aromatic heterocycles. The first kappa shape index (κ1) is 11.8. The summed E-state index contributed by atoms with van der Waals surface area (Å²) in [5, 5.41) is 9.96. The standard InChI is InChI=1S/C14H15ClO3/c1-8-9-3-2-6-18-12(9)11(15)7-10(8)14(4-5-14)13(16)17/h7H,2-6H2,1H3,(H,16,17). The number of fused-ring (bicyclic) bond motifs is 1. The van der Waals surface area contributed by atoms with Crippen molar-refractivity contribution < 1.29 is 14.6 Å². The van der Waals surface area contributed by atoms with Crippen LogP contribution in [0.5, 0.6) is 5.75 Å². The first-order valence-electron chi connectivity index (χ1n) is 6.25. The van der Waals surface area contributed by atoms with Crippen LogP contribution in [-0.2, 0) is 16.6 Å². The topological polar surface area (TPSA) is 46.5 Å². The summed E-state index contributed by atoms with van der Waals surface area (Å²) in [5.41, 5.74) is 2.33. The van der Waals surface area contributed by atoms with Gasteiger partial charge in [0.1, 0.15) is 5.75 Å². The highest BCUT2D eigenvalue weighted by Gasteiger charge is 2.53. The Bertz CT molecular complexity index is 532. The highest BCUT2D eigenvalue weighted by Crippen LogP contribution is 2.52. The third-order valence-electron chi connectivity index (χ3n) is 4.11. The van der Waals surface area contributed by atoms with E-state index in [9.17, 15) is 9.90 Å². The fourth-order valence-electron chi connectivity index (χ4n) is 2.88. The summed E-state index contributed by atoms with van der Waals surface area (Å²) in [6.07, 6.45) is 3.30. The number of benzene rings is 1. The molecule has 96 valence electrons. The van der Waals surface area contributed by atoms with E-state index in [0.29, 0.717) is 24.5 Å². The zero-order valence-corrected chi connectivity index (χ0v) is 11.0. The van der Waals surface area contributed by atoms with E-state index in [4.69, 9.17) is 16.3 Å². The van der Waals surface area contributed by atoms with Crippen LogP contribution < -0.4 is 4.74 Å². The molecule has 4 heteroatoms. The summed E-state index contributed by atoms with van der Waals surface area (Å²) in [6.45, 7) is 2.68. The largest absolute Gasteiger partial charge is 0.492 e. The molecule has 0 saturated heterocycles. The Morgan fingerprint density at radius 2 is 2.22 bits per heavy atom. The van der Waals surface area contributed by atoms with E-state index in [2.05, 4.69) is 0 Å². The van der Waals surface area contributed by atoms with Crippen molar-refractivity contribution in [3.63, 3.8) is 0 Å². The number of carboxylic acids is 1. The molecule has 0 atom stereocenters. The molecule has 1 fully saturated rings. The minimum absolute atomic E-state index is 0.554. The van der Waals surface area contributed by atoms with E-state index in [-0.39, 0.29) is 0 Å². The quantitative estimate of drug-likeness (QED) is 0.895. The minimum atomic E-state index is -0.738. The molecule has 0 bridgehead atoms. The summed E-state index contributed by atoms with van der Waals surface area (Å²) in [6, 6.07) is 1.79. The Labute approximate surface area is 111 Å². The number of carbonyl (C=O) groups is 1. The maximum Gasteiger partial charge on any atom is 0.314 e. The fourth-order valence-corrected chi connectivity index (χ4v) is 3.16. The second-order valence-corrected chi connectivity index (χ2v) is 5.59. The molecule has 1 aromatic rings. The van der Waals surface area contributed by atoms with Crippen LogP contribution in [0.15, 0.2) is 6.07 Å². The molecule has 0 unspecified atom stereocenters. The van der Waals surface area contributed by atoms with E-state index in [1.54, 1.807) is 6.07 Å². The van der Waals surface area contributed by atoms with Crippen LogP contribution in [0.3, 0.4) is 0 Å². The summed E-state index contributed by atoms with van der Waals surface area (Å²) in [7, 11) is 0. The molecular weight excluding hydrogens is 252 g/mol. The van der Waals surface area contributed by atoms with Crippen molar-refractivity contribution >= 4 is 17.6 Å². The van der Waals surface area contributed by atoms with Gasteiger partial charge in [-0.15, -0.1) is 0 Å². The number of carboxylic acid groups (broad SMARTS) is 1. The maximum absolute atomic E-state index is 11.4. The number of hydrogen-bond acceptors (Lipinski definition) is 2. The number of ether oxygens (including phenoxy) is 1. The smallest absolute Gasteiger partial charge is 0.314 e. The van der Waals surface area contributed by atoms with Gasteiger partial charge in [0, 0.05) is 0 Å². The first-order valence-corrected chi connectivity index (χ1v) is 6.63. The molecule has 2 aliphatic rings. The first-order chi connectivity index (χ1) is 8.56. The maximum atomic E-state index is 11.4. The van der Waals surface area contributed by atoms with Crippen LogP contribution in [0.2, 0.25) is 5.02 Å². The lowest BCUT2D eigenvalue weighted by Gasteiger charge is -2.24. The summed E-state index contributed by atoms with van der Waals surface area (Å²) in [4.78, 5) is 11.4. The Morgan fingerprint density at radius 3 is 2.83 bits per heavy atom. The van der Waals surface area contributed by atoms with E-state index < -0.39 is 11.4 Å². The van der Waals surface area contributed by atoms with Gasteiger partial charge in [-0.25, -0.2) is 0 Å². The Balaban J connectivity index is 2.18. The molecule has 1 N–H and O–H groups in total. The number of hydrogen-bond donors (Lipinski definition) is 1. The lowest BCUT2D eigenvalue weighted by molar-refractivity contribution is -0.140. The molecule has 0 spiro atoms. The molecular formula is C14H15ClO3. The minimum Gasteiger partial charge on any atom is -0.492 e. The van der Waals surface area contributed by atoms with Gasteiger partial charge in [-0.2, -0.15) is 0 Å². The average Bonchev–Trinajstić information content (AvgIpc) is 3.15. The van der Waals surface area contributed by atoms with E-state index in [1.807, 2.05) is 6.92 Å². The number of aliphatic carboxylic acids is 1. The Kier molecular flexibility index (Phi) is 2.56. The van der Waals surface area contributed by atoms with Gasteiger partial charge in [0.05, 0.1) is 17.0 Å². The second kappa shape index (κ2) is 3.89. The lowest BCUT2D eigenvalue weighted by Crippen LogP contribution is -2.22. The van der Waals surface area contributed by atoms with Gasteiger partial charge in [-0.3, -0.25) is 4.79 Å². The molecule has 3 nitrogen and oxygen atoms in total. The predicted molar refractivity (Wildman–Crippen MR) is 68.6 cm³/mol. The third-order valence-corrected chi connectivity index (χ3v) is 4.39. The van der Waals surface area contributed by atoms with Gasteiger partial charge in [-0.1, -0.05) is 11.6 Å². The Morgan fingerprint density at radius 1 is 1.50 bits per heavy atom. The van der Waals surface area contributed by atoms with Crippen LogP contribution in [-0.4, -0.2) is 17.7 Å². The van der Waals surface area contributed by atoms with Gasteiger partial charge in [0.2, 0.25) is 0 Å². The summed E-state index contributed by atoms with van der Waals surface area (Å²) in [5.74, 6) is 0.0173. The molecule has 1 heterocycles. The van der Waals surface area contributed by atoms with Gasteiger partial charge >= 0.3 is 5.97 Å².